The van der Waals surface area contributed by atoms with Gasteiger partial charge in [-0.05, 0) is 31.4 Å². The lowest BCUT2D eigenvalue weighted by molar-refractivity contribution is 0.0849. The Labute approximate surface area is 125 Å². The van der Waals surface area contributed by atoms with Crippen LogP contribution in [0.1, 0.15) is 33.5 Å². The van der Waals surface area contributed by atoms with Gasteiger partial charge in [0.25, 0.3) is 5.91 Å². The Morgan fingerprint density at radius 1 is 1.05 bits per heavy atom. The van der Waals surface area contributed by atoms with Crippen molar-refractivity contribution in [1.82, 2.24) is 4.90 Å². The molecule has 0 atom stereocenters. The van der Waals surface area contributed by atoms with Gasteiger partial charge in [0.15, 0.2) is 0 Å². The van der Waals surface area contributed by atoms with Gasteiger partial charge >= 0.3 is 0 Å². The molecule has 1 aliphatic rings. The van der Waals surface area contributed by atoms with Crippen molar-refractivity contribution in [3.8, 4) is 0 Å². The molecule has 0 radical (unpaired) electrons. The number of hydrogen-bond acceptors (Lipinski definition) is 1. The molecular formula is C19H19NO. The van der Waals surface area contributed by atoms with Crippen molar-refractivity contribution < 1.29 is 4.79 Å². The summed E-state index contributed by atoms with van der Waals surface area (Å²) in [6.07, 6.45) is 1.93. The topological polar surface area (TPSA) is 20.3 Å². The van der Waals surface area contributed by atoms with Gasteiger partial charge in [-0.3, -0.25) is 4.79 Å². The summed E-state index contributed by atoms with van der Waals surface area (Å²) >= 11 is 0. The summed E-state index contributed by atoms with van der Waals surface area (Å²) in [7, 11) is 0. The predicted octanol–water partition coefficient (Wildman–Crippen LogP) is 4.05. The van der Waals surface area contributed by atoms with Gasteiger partial charge in [0.1, 0.15) is 0 Å². The van der Waals surface area contributed by atoms with Crippen LogP contribution < -0.4 is 0 Å². The Balaban J connectivity index is 1.65. The number of benzene rings is 2. The molecule has 0 fully saturated rings. The minimum atomic E-state index is 0.0832. The quantitative estimate of drug-likeness (QED) is 0.825. The van der Waals surface area contributed by atoms with E-state index in [4.69, 9.17) is 0 Å². The van der Waals surface area contributed by atoms with E-state index < -0.39 is 0 Å². The molecule has 3 rings (SSSR count). The highest BCUT2D eigenvalue weighted by atomic mass is 16.2. The number of rotatable bonds is 4. The van der Waals surface area contributed by atoms with E-state index in [-0.39, 0.29) is 5.91 Å². The van der Waals surface area contributed by atoms with Crippen LogP contribution in [0.15, 0.2) is 55.1 Å². The Kier molecular flexibility index (Phi) is 3.61. The van der Waals surface area contributed by atoms with Crippen molar-refractivity contribution in [3.05, 3.63) is 77.4 Å². The number of carbonyl (C=O) groups is 1. The third-order valence-electron chi connectivity index (χ3n) is 3.97. The molecule has 2 nitrogen and oxygen atoms in total. The van der Waals surface area contributed by atoms with Crippen LogP contribution in [-0.4, -0.2) is 17.4 Å². The molecule has 2 aromatic carbocycles. The van der Waals surface area contributed by atoms with E-state index in [1.54, 1.807) is 4.90 Å². The Bertz CT molecular complexity index is 667. The van der Waals surface area contributed by atoms with Gasteiger partial charge in [0, 0.05) is 23.4 Å². The largest absolute Gasteiger partial charge is 0.308 e. The minimum Gasteiger partial charge on any atom is -0.308 e. The number of carbonyl (C=O) groups excluding carboxylic acids is 1. The van der Waals surface area contributed by atoms with Crippen LogP contribution in [0.3, 0.4) is 0 Å². The molecule has 1 aliphatic heterocycles. The molecule has 0 N–H and O–H groups in total. The normalized spacial score (nSPS) is 13.7. The van der Waals surface area contributed by atoms with Crippen molar-refractivity contribution in [2.45, 2.75) is 19.8 Å². The highest BCUT2D eigenvalue weighted by molar-refractivity contribution is 6.08. The van der Waals surface area contributed by atoms with Crippen LogP contribution in [0.25, 0.3) is 5.70 Å². The van der Waals surface area contributed by atoms with Gasteiger partial charge in [0.05, 0.1) is 0 Å². The zero-order valence-electron chi connectivity index (χ0n) is 12.3. The summed E-state index contributed by atoms with van der Waals surface area (Å²) < 4.78 is 0. The molecule has 0 aromatic heterocycles. The standard InChI is InChI=1S/C19H19NO/c1-14-7-5-8-16(13-14)9-6-12-20-15(2)17-10-3-4-11-18(17)19(20)21/h3-5,7-8,10-11,13H,2,6,9,12H2,1H3. The predicted molar refractivity (Wildman–Crippen MR) is 86.0 cm³/mol. The molecule has 0 aliphatic carbocycles. The molecule has 2 heteroatoms. The molecule has 1 heterocycles. The second-order valence-corrected chi connectivity index (χ2v) is 5.54. The molecule has 0 saturated heterocycles. The molecule has 2 aromatic rings. The highest BCUT2D eigenvalue weighted by Crippen LogP contribution is 2.31. The first-order valence-electron chi connectivity index (χ1n) is 7.32. The van der Waals surface area contributed by atoms with E-state index in [2.05, 4.69) is 37.8 Å². The van der Waals surface area contributed by atoms with Crippen molar-refractivity contribution in [2.24, 2.45) is 0 Å². The molecule has 0 spiro atoms. The lowest BCUT2D eigenvalue weighted by Crippen LogP contribution is -2.24. The van der Waals surface area contributed by atoms with Gasteiger partial charge in [-0.1, -0.05) is 54.6 Å². The number of nitrogens with zero attached hydrogens (tertiary/aromatic N) is 1. The van der Waals surface area contributed by atoms with Crippen molar-refractivity contribution in [1.29, 1.82) is 0 Å². The maximum absolute atomic E-state index is 12.4. The number of hydrogen-bond donors (Lipinski definition) is 0. The summed E-state index contributed by atoms with van der Waals surface area (Å²) in [6.45, 7) is 6.90. The van der Waals surface area contributed by atoms with E-state index in [9.17, 15) is 4.79 Å². The number of fused-ring (bicyclic) bond motifs is 1. The van der Waals surface area contributed by atoms with Crippen LogP contribution in [0.2, 0.25) is 0 Å². The maximum atomic E-state index is 12.4. The fourth-order valence-electron chi connectivity index (χ4n) is 2.88. The fourth-order valence-corrected chi connectivity index (χ4v) is 2.88. The average Bonchev–Trinajstić information content (AvgIpc) is 2.73. The van der Waals surface area contributed by atoms with E-state index in [1.165, 1.54) is 11.1 Å². The van der Waals surface area contributed by atoms with E-state index in [0.717, 1.165) is 36.2 Å². The van der Waals surface area contributed by atoms with Crippen molar-refractivity contribution >= 4 is 11.6 Å². The third kappa shape index (κ3) is 2.62. The number of aryl methyl sites for hydroxylation is 2. The summed E-state index contributed by atoms with van der Waals surface area (Å²) in [4.78, 5) is 14.2. The smallest absolute Gasteiger partial charge is 0.258 e. The van der Waals surface area contributed by atoms with Crippen molar-refractivity contribution in [3.63, 3.8) is 0 Å². The van der Waals surface area contributed by atoms with Gasteiger partial charge in [-0.2, -0.15) is 0 Å². The van der Waals surface area contributed by atoms with E-state index in [1.807, 2.05) is 24.3 Å². The van der Waals surface area contributed by atoms with Crippen LogP contribution in [0.4, 0.5) is 0 Å². The molecule has 0 saturated carbocycles. The summed E-state index contributed by atoms with van der Waals surface area (Å²) in [5, 5.41) is 0. The van der Waals surface area contributed by atoms with Gasteiger partial charge in [-0.15, -0.1) is 0 Å². The van der Waals surface area contributed by atoms with Crippen molar-refractivity contribution in [2.75, 3.05) is 6.54 Å². The summed E-state index contributed by atoms with van der Waals surface area (Å²) in [6, 6.07) is 16.2. The lowest BCUT2D eigenvalue weighted by Gasteiger charge is -2.17. The van der Waals surface area contributed by atoms with Crippen LogP contribution in [0.5, 0.6) is 0 Å². The fraction of sp³-hybridized carbons (Fsp3) is 0.211. The minimum absolute atomic E-state index is 0.0832. The average molecular weight is 277 g/mol. The molecule has 0 bridgehead atoms. The highest BCUT2D eigenvalue weighted by Gasteiger charge is 2.29. The van der Waals surface area contributed by atoms with Gasteiger partial charge < -0.3 is 4.90 Å². The molecule has 1 amide bonds. The molecule has 106 valence electrons. The lowest BCUT2D eigenvalue weighted by atomic mass is 10.1. The zero-order chi connectivity index (χ0) is 14.8. The second-order valence-electron chi connectivity index (χ2n) is 5.54. The Hall–Kier alpha value is -2.35. The molecule has 0 unspecified atom stereocenters. The summed E-state index contributed by atoms with van der Waals surface area (Å²) in [5.74, 6) is 0.0832. The van der Waals surface area contributed by atoms with Crippen LogP contribution >= 0.6 is 0 Å². The van der Waals surface area contributed by atoms with E-state index in [0.29, 0.717) is 0 Å². The Morgan fingerprint density at radius 2 is 1.81 bits per heavy atom. The van der Waals surface area contributed by atoms with Crippen LogP contribution in [-0.2, 0) is 6.42 Å². The summed E-state index contributed by atoms with van der Waals surface area (Å²) in [5.41, 5.74) is 5.18. The Morgan fingerprint density at radius 3 is 2.52 bits per heavy atom. The maximum Gasteiger partial charge on any atom is 0.258 e. The molecule has 21 heavy (non-hydrogen) atoms. The second kappa shape index (κ2) is 5.57. The monoisotopic (exact) mass is 277 g/mol. The van der Waals surface area contributed by atoms with Gasteiger partial charge in [-0.25, -0.2) is 0 Å². The first kappa shape index (κ1) is 13.6. The van der Waals surface area contributed by atoms with E-state index >= 15 is 0 Å². The third-order valence-corrected chi connectivity index (χ3v) is 3.97. The number of amides is 1. The SMILES string of the molecule is C=C1c2ccccc2C(=O)N1CCCc1cccc(C)c1. The first-order valence-corrected chi connectivity index (χ1v) is 7.32. The van der Waals surface area contributed by atoms with Gasteiger partial charge in [0.2, 0.25) is 0 Å². The zero-order valence-corrected chi connectivity index (χ0v) is 12.3. The first-order chi connectivity index (χ1) is 10.2. The van der Waals surface area contributed by atoms with Crippen LogP contribution in [0, 0.1) is 6.92 Å². The molecular weight excluding hydrogens is 258 g/mol.